The normalized spacial score (nSPS) is 12.9. The molecule has 1 unspecified atom stereocenters. The molecule has 0 bridgehead atoms. The first-order chi connectivity index (χ1) is 14.3. The first-order valence-corrected chi connectivity index (χ1v) is 13.7. The van der Waals surface area contributed by atoms with E-state index >= 15 is 0 Å². The van der Waals surface area contributed by atoms with Crippen LogP contribution in [0.1, 0.15) is 42.5 Å². The molecule has 0 aliphatic heterocycles. The average molecular weight is 467 g/mol. The van der Waals surface area contributed by atoms with Gasteiger partial charge in [0.1, 0.15) is 0 Å². The second-order valence-electron chi connectivity index (χ2n) is 7.84. The van der Waals surface area contributed by atoms with Crippen molar-refractivity contribution in [2.24, 2.45) is 0 Å². The fourth-order valence-electron chi connectivity index (χ4n) is 3.15. The van der Waals surface area contributed by atoms with Gasteiger partial charge in [0.15, 0.2) is 9.84 Å². The van der Waals surface area contributed by atoms with Gasteiger partial charge in [0.2, 0.25) is 15.9 Å². The zero-order valence-corrected chi connectivity index (χ0v) is 20.2. The molecule has 1 atom stereocenters. The van der Waals surface area contributed by atoms with Crippen LogP contribution in [0.15, 0.2) is 47.4 Å². The molecular weight excluding hydrogens is 436 g/mol. The van der Waals surface area contributed by atoms with Gasteiger partial charge in [-0.05, 0) is 68.1 Å². The number of carbonyl (C=O) groups excluding carboxylic acids is 1. The second kappa shape index (κ2) is 9.82. The molecule has 31 heavy (non-hydrogen) atoms. The smallest absolute Gasteiger partial charge is 0.232 e. The third-order valence-corrected chi connectivity index (χ3v) is 7.45. The van der Waals surface area contributed by atoms with Crippen LogP contribution >= 0.6 is 0 Å². The molecule has 0 saturated heterocycles. The highest BCUT2D eigenvalue weighted by Crippen LogP contribution is 2.22. The molecule has 0 aliphatic carbocycles. The van der Waals surface area contributed by atoms with Gasteiger partial charge in [-0.1, -0.05) is 18.2 Å². The molecular formula is C22H30N2O5S2. The number of benzene rings is 2. The van der Waals surface area contributed by atoms with E-state index in [0.717, 1.165) is 29.2 Å². The number of amides is 1. The average Bonchev–Trinajstić information content (AvgIpc) is 2.66. The Labute approximate surface area is 185 Å². The number of nitrogens with zero attached hydrogens (tertiary/aromatic N) is 1. The SMILES string of the molecule is Cc1ccc(N(CCCC(=O)NC(C)c2ccc(S(C)(=O)=O)cc2)S(C)(=O)=O)cc1C. The number of carbonyl (C=O) groups is 1. The fourth-order valence-corrected chi connectivity index (χ4v) is 4.74. The van der Waals surface area contributed by atoms with E-state index in [0.29, 0.717) is 12.1 Å². The maximum absolute atomic E-state index is 12.3. The van der Waals surface area contributed by atoms with Crippen molar-refractivity contribution >= 4 is 31.5 Å². The monoisotopic (exact) mass is 466 g/mol. The fraction of sp³-hybridized carbons (Fsp3) is 0.409. The molecule has 0 radical (unpaired) electrons. The summed E-state index contributed by atoms with van der Waals surface area (Å²) in [5, 5.41) is 2.87. The van der Waals surface area contributed by atoms with Crippen molar-refractivity contribution in [2.75, 3.05) is 23.4 Å². The molecule has 0 aliphatic rings. The number of nitrogens with one attached hydrogen (secondary N) is 1. The largest absolute Gasteiger partial charge is 0.350 e. The number of anilines is 1. The minimum atomic E-state index is -3.48. The molecule has 0 fully saturated rings. The van der Waals surface area contributed by atoms with Crippen LogP contribution in [0.5, 0.6) is 0 Å². The van der Waals surface area contributed by atoms with E-state index in [4.69, 9.17) is 0 Å². The number of hydrogen-bond acceptors (Lipinski definition) is 5. The van der Waals surface area contributed by atoms with Crippen molar-refractivity contribution in [3.63, 3.8) is 0 Å². The van der Waals surface area contributed by atoms with Crippen molar-refractivity contribution in [1.29, 1.82) is 0 Å². The van der Waals surface area contributed by atoms with Gasteiger partial charge in [-0.25, -0.2) is 16.8 Å². The van der Waals surface area contributed by atoms with Crippen LogP contribution in [-0.4, -0.2) is 41.8 Å². The van der Waals surface area contributed by atoms with Crippen LogP contribution in [0.3, 0.4) is 0 Å². The molecule has 0 heterocycles. The van der Waals surface area contributed by atoms with Gasteiger partial charge in [0, 0.05) is 19.2 Å². The van der Waals surface area contributed by atoms with Gasteiger partial charge >= 0.3 is 0 Å². The summed E-state index contributed by atoms with van der Waals surface area (Å²) in [4.78, 5) is 12.6. The predicted octanol–water partition coefficient (Wildman–Crippen LogP) is 3.13. The molecule has 2 aromatic carbocycles. The zero-order chi connectivity index (χ0) is 23.4. The summed E-state index contributed by atoms with van der Waals surface area (Å²) in [6.07, 6.45) is 2.84. The van der Waals surface area contributed by atoms with Crippen LogP contribution in [-0.2, 0) is 24.7 Å². The quantitative estimate of drug-likeness (QED) is 0.612. The van der Waals surface area contributed by atoms with E-state index < -0.39 is 19.9 Å². The first kappa shape index (κ1) is 24.9. The zero-order valence-electron chi connectivity index (χ0n) is 18.5. The minimum absolute atomic E-state index is 0.169. The Kier molecular flexibility index (Phi) is 7.88. The molecule has 0 aromatic heterocycles. The van der Waals surface area contributed by atoms with Crippen molar-refractivity contribution in [2.45, 2.75) is 44.6 Å². The lowest BCUT2D eigenvalue weighted by Gasteiger charge is -2.23. The summed E-state index contributed by atoms with van der Waals surface area (Å²) in [6.45, 7) is 5.90. The van der Waals surface area contributed by atoms with Crippen molar-refractivity contribution in [3.8, 4) is 0 Å². The Morgan fingerprint density at radius 1 is 0.968 bits per heavy atom. The van der Waals surface area contributed by atoms with Crippen molar-refractivity contribution < 1.29 is 21.6 Å². The molecule has 1 N–H and O–H groups in total. The van der Waals surface area contributed by atoms with Gasteiger partial charge in [-0.15, -0.1) is 0 Å². The summed E-state index contributed by atoms with van der Waals surface area (Å²) in [6, 6.07) is 11.6. The molecule has 9 heteroatoms. The standard InChI is InChI=1S/C22H30N2O5S2/c1-16-8-11-20(15-17(16)2)24(31(5,28)29)14-6-7-22(25)23-18(3)19-9-12-21(13-10-19)30(4,26)27/h8-13,15,18H,6-7,14H2,1-5H3,(H,23,25). The molecule has 2 rings (SSSR count). The van der Waals surface area contributed by atoms with Crippen LogP contribution in [0, 0.1) is 13.8 Å². The maximum atomic E-state index is 12.3. The van der Waals surface area contributed by atoms with E-state index in [1.54, 1.807) is 18.2 Å². The topological polar surface area (TPSA) is 101 Å². The van der Waals surface area contributed by atoms with Gasteiger partial charge in [0.25, 0.3) is 0 Å². The highest BCUT2D eigenvalue weighted by atomic mass is 32.2. The molecule has 7 nitrogen and oxygen atoms in total. The summed E-state index contributed by atoms with van der Waals surface area (Å²) < 4.78 is 48.9. The van der Waals surface area contributed by atoms with E-state index in [9.17, 15) is 21.6 Å². The molecule has 1 amide bonds. The van der Waals surface area contributed by atoms with Crippen LogP contribution < -0.4 is 9.62 Å². The van der Waals surface area contributed by atoms with Crippen LogP contribution in [0.4, 0.5) is 5.69 Å². The summed E-state index contributed by atoms with van der Waals surface area (Å²) in [5.74, 6) is -0.201. The number of sulfone groups is 1. The van der Waals surface area contributed by atoms with Crippen molar-refractivity contribution in [3.05, 3.63) is 59.2 Å². The van der Waals surface area contributed by atoms with Gasteiger partial charge < -0.3 is 5.32 Å². The molecule has 0 spiro atoms. The first-order valence-electron chi connectivity index (χ1n) is 9.93. The highest BCUT2D eigenvalue weighted by molar-refractivity contribution is 7.92. The van der Waals surface area contributed by atoms with E-state index in [2.05, 4.69) is 5.32 Å². The number of aryl methyl sites for hydroxylation is 2. The maximum Gasteiger partial charge on any atom is 0.232 e. The number of sulfonamides is 1. The van der Waals surface area contributed by atoms with Gasteiger partial charge in [-0.3, -0.25) is 9.10 Å². The molecule has 2 aromatic rings. The molecule has 0 saturated carbocycles. The highest BCUT2D eigenvalue weighted by Gasteiger charge is 2.18. The summed E-state index contributed by atoms with van der Waals surface area (Å²) >= 11 is 0. The van der Waals surface area contributed by atoms with E-state index in [-0.39, 0.29) is 29.8 Å². The van der Waals surface area contributed by atoms with Crippen molar-refractivity contribution in [1.82, 2.24) is 5.32 Å². The second-order valence-corrected chi connectivity index (χ2v) is 11.8. The Bertz CT molecular complexity index is 1140. The summed E-state index contributed by atoms with van der Waals surface area (Å²) in [5.41, 5.74) is 3.45. The Morgan fingerprint density at radius 3 is 2.10 bits per heavy atom. The number of rotatable bonds is 9. The van der Waals surface area contributed by atoms with Crippen LogP contribution in [0.2, 0.25) is 0 Å². The third kappa shape index (κ3) is 7.07. The summed E-state index contributed by atoms with van der Waals surface area (Å²) in [7, 11) is -6.75. The lowest BCUT2D eigenvalue weighted by Crippen LogP contribution is -2.32. The molecule has 170 valence electrons. The van der Waals surface area contributed by atoms with E-state index in [1.807, 2.05) is 32.9 Å². The van der Waals surface area contributed by atoms with E-state index in [1.165, 1.54) is 16.4 Å². The predicted molar refractivity (Wildman–Crippen MR) is 123 cm³/mol. The van der Waals surface area contributed by atoms with Crippen LogP contribution in [0.25, 0.3) is 0 Å². The Hall–Kier alpha value is -2.39. The lowest BCUT2D eigenvalue weighted by molar-refractivity contribution is -0.121. The Balaban J connectivity index is 1.96. The van der Waals surface area contributed by atoms with Gasteiger partial charge in [0.05, 0.1) is 22.9 Å². The Morgan fingerprint density at radius 2 is 1.58 bits per heavy atom. The third-order valence-electron chi connectivity index (χ3n) is 5.13. The minimum Gasteiger partial charge on any atom is -0.350 e. The lowest BCUT2D eigenvalue weighted by atomic mass is 10.1. The number of hydrogen-bond donors (Lipinski definition) is 1. The van der Waals surface area contributed by atoms with Gasteiger partial charge in [-0.2, -0.15) is 0 Å².